The number of fused-ring (bicyclic) bond motifs is 4. The molecule has 2 aromatic heterocycles. The Bertz CT molecular complexity index is 2210. The molecule has 0 fully saturated rings. The average molecular weight is 587 g/mol. The summed E-state index contributed by atoms with van der Waals surface area (Å²) in [7, 11) is -3.45. The molecule has 0 radical (unpaired) electrons. The summed E-state index contributed by atoms with van der Waals surface area (Å²) in [5.74, 6) is 1.02. The van der Waals surface area contributed by atoms with Crippen molar-refractivity contribution in [1.82, 2.24) is 9.97 Å². The van der Waals surface area contributed by atoms with Gasteiger partial charge in [0, 0.05) is 5.56 Å². The Morgan fingerprint density at radius 1 is 0.605 bits per heavy atom. The SMILES string of the molecule is CS(=O)(=O)Oc1ccc2ccccc2c1.c1ccc2cc(-c3nc4ccccc4o3)ccc2c1.c1ccc2ocnc2c1. The second-order valence-electron chi connectivity index (χ2n) is 9.67. The molecule has 0 amide bonds. The highest BCUT2D eigenvalue weighted by Gasteiger charge is 2.08. The number of nitrogens with zero attached hydrogens (tertiary/aromatic N) is 2. The molecule has 8 aromatic rings. The van der Waals surface area contributed by atoms with Crippen molar-refractivity contribution in [1.29, 1.82) is 0 Å². The zero-order chi connectivity index (χ0) is 29.6. The van der Waals surface area contributed by atoms with Crippen LogP contribution in [-0.4, -0.2) is 24.6 Å². The smallest absolute Gasteiger partial charge is 0.306 e. The van der Waals surface area contributed by atoms with Gasteiger partial charge in [-0.3, -0.25) is 0 Å². The minimum atomic E-state index is -3.45. The molecule has 0 unspecified atom stereocenters. The van der Waals surface area contributed by atoms with Crippen LogP contribution >= 0.6 is 0 Å². The number of para-hydroxylation sites is 4. The first-order valence-corrected chi connectivity index (χ1v) is 15.2. The Balaban J connectivity index is 0.000000122. The maximum atomic E-state index is 10.9. The highest BCUT2D eigenvalue weighted by molar-refractivity contribution is 7.86. The lowest BCUT2D eigenvalue weighted by Gasteiger charge is -2.03. The van der Waals surface area contributed by atoms with Crippen molar-refractivity contribution in [3.05, 3.63) is 140 Å². The summed E-state index contributed by atoms with van der Waals surface area (Å²) in [6.07, 6.45) is 2.48. The topological polar surface area (TPSA) is 95.4 Å². The molecule has 8 heteroatoms. The van der Waals surface area contributed by atoms with E-state index in [2.05, 4.69) is 34.2 Å². The van der Waals surface area contributed by atoms with E-state index < -0.39 is 10.1 Å². The molecule has 7 nitrogen and oxygen atoms in total. The number of rotatable bonds is 3. The van der Waals surface area contributed by atoms with Crippen LogP contribution in [0.4, 0.5) is 0 Å². The van der Waals surface area contributed by atoms with Crippen LogP contribution in [-0.2, 0) is 10.1 Å². The molecule has 2 heterocycles. The largest absolute Gasteiger partial charge is 0.443 e. The number of benzene rings is 6. The highest BCUT2D eigenvalue weighted by Crippen LogP contribution is 2.27. The fraction of sp³-hybridized carbons (Fsp3) is 0.0286. The first kappa shape index (κ1) is 27.7. The molecule has 6 aromatic carbocycles. The Morgan fingerprint density at radius 2 is 1.19 bits per heavy atom. The molecule has 212 valence electrons. The predicted octanol–water partition coefficient (Wildman–Crippen LogP) is 8.65. The lowest BCUT2D eigenvalue weighted by molar-refractivity contribution is 0.493. The Labute approximate surface area is 248 Å². The maximum absolute atomic E-state index is 10.9. The van der Waals surface area contributed by atoms with Crippen molar-refractivity contribution in [3.8, 4) is 17.2 Å². The molecule has 0 aliphatic heterocycles. The van der Waals surface area contributed by atoms with E-state index in [1.165, 1.54) is 17.2 Å². The van der Waals surface area contributed by atoms with E-state index in [4.69, 9.17) is 13.0 Å². The molecule has 0 bridgehead atoms. The molecule has 0 aliphatic carbocycles. The van der Waals surface area contributed by atoms with Crippen molar-refractivity contribution in [2.75, 3.05) is 6.26 Å². The molecule has 0 aliphatic rings. The zero-order valence-electron chi connectivity index (χ0n) is 23.1. The van der Waals surface area contributed by atoms with Gasteiger partial charge in [0.2, 0.25) is 5.89 Å². The van der Waals surface area contributed by atoms with E-state index in [1.807, 2.05) is 97.1 Å². The van der Waals surface area contributed by atoms with Gasteiger partial charge < -0.3 is 13.0 Å². The van der Waals surface area contributed by atoms with Gasteiger partial charge in [0.1, 0.15) is 16.8 Å². The third kappa shape index (κ3) is 6.89. The average Bonchev–Trinajstić information content (AvgIpc) is 3.68. The molecular weight excluding hydrogens is 560 g/mol. The van der Waals surface area contributed by atoms with E-state index >= 15 is 0 Å². The number of aromatic nitrogens is 2. The Kier molecular flexibility index (Phi) is 7.84. The monoisotopic (exact) mass is 586 g/mol. The van der Waals surface area contributed by atoms with E-state index in [9.17, 15) is 8.42 Å². The van der Waals surface area contributed by atoms with E-state index in [1.54, 1.807) is 12.1 Å². The number of hydrogen-bond acceptors (Lipinski definition) is 7. The van der Waals surface area contributed by atoms with Crippen molar-refractivity contribution in [3.63, 3.8) is 0 Å². The second-order valence-corrected chi connectivity index (χ2v) is 11.2. The van der Waals surface area contributed by atoms with Crippen LogP contribution in [0.3, 0.4) is 0 Å². The highest BCUT2D eigenvalue weighted by atomic mass is 32.2. The van der Waals surface area contributed by atoms with Crippen LogP contribution < -0.4 is 4.18 Å². The molecule has 0 N–H and O–H groups in total. The quantitative estimate of drug-likeness (QED) is 0.191. The number of oxazole rings is 2. The van der Waals surface area contributed by atoms with Crippen molar-refractivity contribution < 1.29 is 21.4 Å². The van der Waals surface area contributed by atoms with Gasteiger partial charge in [-0.15, -0.1) is 0 Å². The first-order chi connectivity index (χ1) is 20.9. The summed E-state index contributed by atoms with van der Waals surface area (Å²) < 4.78 is 37.4. The zero-order valence-corrected chi connectivity index (χ0v) is 23.9. The molecule has 0 spiro atoms. The van der Waals surface area contributed by atoms with Gasteiger partial charge in [0.25, 0.3) is 0 Å². The third-order valence-corrected chi connectivity index (χ3v) is 6.99. The summed E-state index contributed by atoms with van der Waals surface area (Å²) in [6.45, 7) is 0. The summed E-state index contributed by atoms with van der Waals surface area (Å²) >= 11 is 0. The Morgan fingerprint density at radius 3 is 1.86 bits per heavy atom. The van der Waals surface area contributed by atoms with Crippen molar-refractivity contribution in [2.45, 2.75) is 0 Å². The van der Waals surface area contributed by atoms with E-state index in [0.29, 0.717) is 11.6 Å². The van der Waals surface area contributed by atoms with Crippen LogP contribution in [0.15, 0.2) is 149 Å². The fourth-order valence-electron chi connectivity index (χ4n) is 4.52. The molecule has 0 saturated carbocycles. The van der Waals surface area contributed by atoms with Gasteiger partial charge in [0.15, 0.2) is 17.6 Å². The lowest BCUT2D eigenvalue weighted by atomic mass is 10.1. The minimum absolute atomic E-state index is 0.344. The van der Waals surface area contributed by atoms with Gasteiger partial charge in [-0.1, -0.05) is 84.9 Å². The molecule has 0 atom stereocenters. The molecule has 43 heavy (non-hydrogen) atoms. The lowest BCUT2D eigenvalue weighted by Crippen LogP contribution is -2.05. The van der Waals surface area contributed by atoms with Gasteiger partial charge in [0.05, 0.1) is 6.26 Å². The van der Waals surface area contributed by atoms with Gasteiger partial charge in [-0.2, -0.15) is 8.42 Å². The van der Waals surface area contributed by atoms with Crippen LogP contribution in [0.2, 0.25) is 0 Å². The Hall–Kier alpha value is -5.47. The van der Waals surface area contributed by atoms with Crippen LogP contribution in [0.1, 0.15) is 0 Å². The van der Waals surface area contributed by atoms with E-state index in [-0.39, 0.29) is 0 Å². The number of hydrogen-bond donors (Lipinski definition) is 0. The molecular formula is C35H26N2O5S. The molecule has 8 rings (SSSR count). The van der Waals surface area contributed by atoms with Crippen molar-refractivity contribution in [2.24, 2.45) is 0 Å². The van der Waals surface area contributed by atoms with Crippen LogP contribution in [0.25, 0.3) is 55.2 Å². The summed E-state index contributed by atoms with van der Waals surface area (Å²) in [5.41, 5.74) is 4.49. The van der Waals surface area contributed by atoms with Gasteiger partial charge in [-0.25, -0.2) is 9.97 Å². The second kappa shape index (κ2) is 12.2. The molecule has 0 saturated heterocycles. The van der Waals surface area contributed by atoms with Crippen LogP contribution in [0.5, 0.6) is 5.75 Å². The summed E-state index contributed by atoms with van der Waals surface area (Å²) in [5, 5.41) is 4.43. The van der Waals surface area contributed by atoms with Crippen LogP contribution in [0, 0.1) is 0 Å². The van der Waals surface area contributed by atoms with E-state index in [0.717, 1.165) is 44.8 Å². The van der Waals surface area contributed by atoms with Crippen molar-refractivity contribution >= 4 is 53.9 Å². The standard InChI is InChI=1S/C17H11NO.C11H10O3S.C7H5NO/c1-2-6-13-11-14(10-9-12(13)5-1)17-18-15-7-3-4-8-16(15)19-17;1-15(12,13)14-11-7-6-9-4-2-3-5-10(9)8-11;1-2-4-7-6(3-1)8-5-9-7/h1-11H;2-8H,1H3;1-5H. The summed E-state index contributed by atoms with van der Waals surface area (Å²) in [6, 6.07) is 42.9. The minimum Gasteiger partial charge on any atom is -0.443 e. The fourth-order valence-corrected chi connectivity index (χ4v) is 4.97. The predicted molar refractivity (Wildman–Crippen MR) is 170 cm³/mol. The summed E-state index contributed by atoms with van der Waals surface area (Å²) in [4.78, 5) is 8.48. The van der Waals surface area contributed by atoms with Gasteiger partial charge >= 0.3 is 10.1 Å². The first-order valence-electron chi connectivity index (χ1n) is 13.4. The van der Waals surface area contributed by atoms with Gasteiger partial charge in [-0.05, 0) is 70.1 Å². The third-order valence-electron chi connectivity index (χ3n) is 6.50. The maximum Gasteiger partial charge on any atom is 0.306 e. The normalized spacial score (nSPS) is 11.1.